The van der Waals surface area contributed by atoms with Crippen LogP contribution in [0.4, 0.5) is 0 Å². The molecule has 0 aliphatic rings. The van der Waals surface area contributed by atoms with Crippen molar-refractivity contribution in [1.29, 1.82) is 0 Å². The van der Waals surface area contributed by atoms with Crippen molar-refractivity contribution in [2.75, 3.05) is 6.54 Å². The molecule has 0 spiro atoms. The molecule has 0 radical (unpaired) electrons. The van der Waals surface area contributed by atoms with Gasteiger partial charge < -0.3 is 14.8 Å². The van der Waals surface area contributed by atoms with Gasteiger partial charge >= 0.3 is 5.97 Å². The van der Waals surface area contributed by atoms with E-state index in [-0.39, 0.29) is 12.3 Å². The Morgan fingerprint density at radius 3 is 2.76 bits per heavy atom. The van der Waals surface area contributed by atoms with Crippen molar-refractivity contribution in [3.63, 3.8) is 0 Å². The first-order valence-electron chi connectivity index (χ1n) is 7.07. The van der Waals surface area contributed by atoms with E-state index < -0.39 is 5.97 Å². The van der Waals surface area contributed by atoms with Gasteiger partial charge in [-0.15, -0.1) is 0 Å². The summed E-state index contributed by atoms with van der Waals surface area (Å²) in [6.07, 6.45) is 2.36. The van der Waals surface area contributed by atoms with Crippen LogP contribution >= 0.6 is 0 Å². The average molecular weight is 289 g/mol. The van der Waals surface area contributed by atoms with E-state index in [0.29, 0.717) is 18.7 Å². The van der Waals surface area contributed by atoms with E-state index in [1.807, 2.05) is 25.1 Å². The van der Waals surface area contributed by atoms with Gasteiger partial charge in [-0.3, -0.25) is 9.59 Å². The van der Waals surface area contributed by atoms with E-state index in [4.69, 9.17) is 9.52 Å². The van der Waals surface area contributed by atoms with Crippen LogP contribution in [0.15, 0.2) is 28.7 Å². The molecule has 1 aromatic heterocycles. The first kappa shape index (κ1) is 15.1. The van der Waals surface area contributed by atoms with Gasteiger partial charge in [-0.05, 0) is 31.4 Å². The number of carbonyl (C=O) groups is 2. The maximum atomic E-state index is 12.0. The zero-order chi connectivity index (χ0) is 15.2. The van der Waals surface area contributed by atoms with Crippen LogP contribution in [0.25, 0.3) is 11.0 Å². The molecule has 0 aliphatic heterocycles. The second kappa shape index (κ2) is 6.92. The van der Waals surface area contributed by atoms with Crippen LogP contribution in [0.5, 0.6) is 0 Å². The number of nitrogens with one attached hydrogen (secondary N) is 1. The third-order valence-corrected chi connectivity index (χ3v) is 3.32. The van der Waals surface area contributed by atoms with Crippen molar-refractivity contribution in [3.05, 3.63) is 35.6 Å². The fourth-order valence-electron chi connectivity index (χ4n) is 2.19. The number of rotatable bonds is 7. The van der Waals surface area contributed by atoms with Gasteiger partial charge in [0.05, 0.1) is 0 Å². The number of aryl methyl sites for hydroxylation is 1. The Bertz CT molecular complexity index is 645. The molecule has 1 aromatic carbocycles. The summed E-state index contributed by atoms with van der Waals surface area (Å²) in [5, 5.41) is 12.2. The normalized spacial score (nSPS) is 10.7. The quantitative estimate of drug-likeness (QED) is 0.767. The highest BCUT2D eigenvalue weighted by Gasteiger charge is 2.12. The van der Waals surface area contributed by atoms with Crippen molar-refractivity contribution < 1.29 is 19.1 Å². The lowest BCUT2D eigenvalue weighted by Gasteiger charge is -2.02. The Labute approximate surface area is 122 Å². The van der Waals surface area contributed by atoms with Crippen LogP contribution in [0.1, 0.15) is 41.8 Å². The molecule has 0 atom stereocenters. The molecule has 2 N–H and O–H groups in total. The summed E-state index contributed by atoms with van der Waals surface area (Å²) >= 11 is 0. The highest BCUT2D eigenvalue weighted by Crippen LogP contribution is 2.22. The number of aliphatic carboxylic acids is 1. The number of carboxylic acid groups (broad SMARTS) is 1. The summed E-state index contributed by atoms with van der Waals surface area (Å²) in [5.74, 6) is -0.703. The van der Waals surface area contributed by atoms with Gasteiger partial charge in [-0.25, -0.2) is 0 Å². The molecule has 5 heteroatoms. The topological polar surface area (TPSA) is 79.5 Å². The van der Waals surface area contributed by atoms with Crippen LogP contribution in [0, 0.1) is 6.92 Å². The smallest absolute Gasteiger partial charge is 0.303 e. The predicted octanol–water partition coefficient (Wildman–Crippen LogP) is 3.12. The lowest BCUT2D eigenvalue weighted by atomic mass is 10.2. The Balaban J connectivity index is 1.82. The summed E-state index contributed by atoms with van der Waals surface area (Å²) in [7, 11) is 0. The number of unbranched alkanes of at least 4 members (excludes halogenated alkanes) is 2. The zero-order valence-electron chi connectivity index (χ0n) is 12.0. The molecule has 1 heterocycles. The molecule has 0 saturated carbocycles. The van der Waals surface area contributed by atoms with Gasteiger partial charge in [0, 0.05) is 18.4 Å². The monoisotopic (exact) mass is 289 g/mol. The third-order valence-electron chi connectivity index (χ3n) is 3.32. The largest absolute Gasteiger partial charge is 0.481 e. The van der Waals surface area contributed by atoms with Crippen molar-refractivity contribution in [1.82, 2.24) is 5.32 Å². The Morgan fingerprint density at radius 1 is 1.24 bits per heavy atom. The van der Waals surface area contributed by atoms with Gasteiger partial charge in [0.1, 0.15) is 5.58 Å². The molecular weight excluding hydrogens is 270 g/mol. The van der Waals surface area contributed by atoms with Gasteiger partial charge in [-0.2, -0.15) is 0 Å². The Hall–Kier alpha value is -2.30. The van der Waals surface area contributed by atoms with Crippen molar-refractivity contribution in [3.8, 4) is 0 Å². The number of benzene rings is 1. The number of furan rings is 1. The number of fused-ring (bicyclic) bond motifs is 1. The maximum Gasteiger partial charge on any atom is 0.303 e. The number of amides is 1. The third kappa shape index (κ3) is 4.08. The zero-order valence-corrected chi connectivity index (χ0v) is 12.0. The minimum absolute atomic E-state index is 0.177. The Morgan fingerprint density at radius 2 is 2.05 bits per heavy atom. The highest BCUT2D eigenvalue weighted by molar-refractivity contribution is 5.96. The molecule has 1 amide bonds. The fraction of sp³-hybridized carbons (Fsp3) is 0.375. The SMILES string of the molecule is Cc1cccc2cc(C(=O)NCCCCCC(=O)O)oc12. The second-order valence-electron chi connectivity index (χ2n) is 5.06. The number of para-hydroxylation sites is 1. The molecule has 0 bridgehead atoms. The Kier molecular flexibility index (Phi) is 4.98. The van der Waals surface area contributed by atoms with Crippen molar-refractivity contribution >= 4 is 22.8 Å². The summed E-state index contributed by atoms with van der Waals surface area (Å²) in [5.41, 5.74) is 1.74. The lowest BCUT2D eigenvalue weighted by molar-refractivity contribution is -0.137. The lowest BCUT2D eigenvalue weighted by Crippen LogP contribution is -2.23. The van der Waals surface area contributed by atoms with Crippen LogP contribution in [0.3, 0.4) is 0 Å². The molecule has 0 fully saturated rings. The summed E-state index contributed by atoms with van der Waals surface area (Å²) < 4.78 is 5.58. The number of carboxylic acids is 1. The van der Waals surface area contributed by atoms with E-state index in [1.54, 1.807) is 6.07 Å². The molecule has 2 rings (SSSR count). The maximum absolute atomic E-state index is 12.0. The molecule has 112 valence electrons. The summed E-state index contributed by atoms with van der Waals surface area (Å²) in [4.78, 5) is 22.3. The second-order valence-corrected chi connectivity index (χ2v) is 5.06. The standard InChI is InChI=1S/C16H19NO4/c1-11-6-5-7-12-10-13(21-15(11)12)16(20)17-9-4-2-3-8-14(18)19/h5-7,10H,2-4,8-9H2,1H3,(H,17,20)(H,18,19). The first-order valence-corrected chi connectivity index (χ1v) is 7.07. The molecule has 0 saturated heterocycles. The van der Waals surface area contributed by atoms with Gasteiger partial charge in [-0.1, -0.05) is 24.6 Å². The van der Waals surface area contributed by atoms with E-state index in [2.05, 4.69) is 5.32 Å². The highest BCUT2D eigenvalue weighted by atomic mass is 16.4. The summed E-state index contributed by atoms with van der Waals surface area (Å²) in [6, 6.07) is 7.52. The van der Waals surface area contributed by atoms with Crippen molar-refractivity contribution in [2.45, 2.75) is 32.6 Å². The minimum atomic E-state index is -0.781. The molecule has 21 heavy (non-hydrogen) atoms. The van der Waals surface area contributed by atoms with Crippen molar-refractivity contribution in [2.24, 2.45) is 0 Å². The fourth-order valence-corrected chi connectivity index (χ4v) is 2.19. The predicted molar refractivity (Wildman–Crippen MR) is 79.4 cm³/mol. The minimum Gasteiger partial charge on any atom is -0.481 e. The number of carbonyl (C=O) groups excluding carboxylic acids is 1. The van der Waals surface area contributed by atoms with Crippen LogP contribution in [-0.4, -0.2) is 23.5 Å². The summed E-state index contributed by atoms with van der Waals surface area (Å²) in [6.45, 7) is 2.46. The van der Waals surface area contributed by atoms with E-state index in [9.17, 15) is 9.59 Å². The van der Waals surface area contributed by atoms with Crippen LogP contribution in [-0.2, 0) is 4.79 Å². The molecular formula is C16H19NO4. The van der Waals surface area contributed by atoms with Gasteiger partial charge in [0.25, 0.3) is 5.91 Å². The van der Waals surface area contributed by atoms with Gasteiger partial charge in [0.2, 0.25) is 0 Å². The average Bonchev–Trinajstić information content (AvgIpc) is 2.87. The first-order chi connectivity index (χ1) is 10.1. The molecule has 0 aliphatic carbocycles. The molecule has 5 nitrogen and oxygen atoms in total. The molecule has 0 unspecified atom stereocenters. The van der Waals surface area contributed by atoms with E-state index >= 15 is 0 Å². The van der Waals surface area contributed by atoms with E-state index in [1.165, 1.54) is 0 Å². The number of hydrogen-bond acceptors (Lipinski definition) is 3. The van der Waals surface area contributed by atoms with E-state index in [0.717, 1.165) is 29.4 Å². The van der Waals surface area contributed by atoms with Gasteiger partial charge in [0.15, 0.2) is 5.76 Å². The van der Waals surface area contributed by atoms with Crippen LogP contribution < -0.4 is 5.32 Å². The number of hydrogen-bond donors (Lipinski definition) is 2. The van der Waals surface area contributed by atoms with Crippen LogP contribution in [0.2, 0.25) is 0 Å². The molecule has 2 aromatic rings.